The number of nitrogens with one attached hydrogen (secondary N) is 1. The molecule has 28 heavy (non-hydrogen) atoms. The average molecular weight is 400 g/mol. The highest BCUT2D eigenvalue weighted by Gasteiger charge is 2.37. The molecule has 150 valence electrons. The molecule has 0 saturated carbocycles. The summed E-state index contributed by atoms with van der Waals surface area (Å²) < 4.78 is 10.9. The van der Waals surface area contributed by atoms with Gasteiger partial charge in [0.1, 0.15) is 0 Å². The third kappa shape index (κ3) is 3.30. The lowest BCUT2D eigenvalue weighted by Gasteiger charge is -2.34. The number of amides is 1. The Morgan fingerprint density at radius 2 is 1.86 bits per heavy atom. The first-order valence-electron chi connectivity index (χ1n) is 9.98. The van der Waals surface area contributed by atoms with E-state index < -0.39 is 0 Å². The van der Waals surface area contributed by atoms with E-state index in [1.807, 2.05) is 12.1 Å². The van der Waals surface area contributed by atoms with E-state index in [-0.39, 0.29) is 11.8 Å². The van der Waals surface area contributed by atoms with Crippen molar-refractivity contribution in [1.29, 1.82) is 0 Å². The highest BCUT2D eigenvalue weighted by atomic mass is 32.1. The Balaban J connectivity index is 1.76. The zero-order valence-electron chi connectivity index (χ0n) is 17.3. The summed E-state index contributed by atoms with van der Waals surface area (Å²) in [5.74, 6) is 2.29. The summed E-state index contributed by atoms with van der Waals surface area (Å²) in [6, 6.07) is 6.03. The monoisotopic (exact) mass is 399 g/mol. The summed E-state index contributed by atoms with van der Waals surface area (Å²) in [7, 11) is 3.30. The van der Waals surface area contributed by atoms with E-state index in [1.165, 1.54) is 22.4 Å². The Kier molecular flexibility index (Phi) is 4.90. The van der Waals surface area contributed by atoms with E-state index >= 15 is 0 Å². The molecule has 1 aromatic heterocycles. The second kappa shape index (κ2) is 7.11. The SMILES string of the molecule is COc1ccc([C@H]2CC(=O)Nc3sc4c(c32)CC[C@H](C(C)(C)C)C4)cc1OC. The lowest BCUT2D eigenvalue weighted by Crippen LogP contribution is -2.27. The van der Waals surface area contributed by atoms with Crippen molar-refractivity contribution in [2.24, 2.45) is 11.3 Å². The zero-order valence-corrected chi connectivity index (χ0v) is 18.2. The number of hydrogen-bond donors (Lipinski definition) is 1. The predicted molar refractivity (Wildman–Crippen MR) is 114 cm³/mol. The minimum absolute atomic E-state index is 0.0785. The van der Waals surface area contributed by atoms with Crippen LogP contribution in [0, 0.1) is 11.3 Å². The first kappa shape index (κ1) is 19.3. The molecule has 0 fully saturated rings. The Hall–Kier alpha value is -2.01. The van der Waals surface area contributed by atoms with Crippen molar-refractivity contribution in [3.05, 3.63) is 39.8 Å². The number of methoxy groups -OCH3 is 2. The molecule has 2 aromatic rings. The van der Waals surface area contributed by atoms with Crippen LogP contribution in [0.15, 0.2) is 18.2 Å². The van der Waals surface area contributed by atoms with E-state index in [4.69, 9.17) is 9.47 Å². The summed E-state index contributed by atoms with van der Waals surface area (Å²) in [6.45, 7) is 7.01. The van der Waals surface area contributed by atoms with Crippen molar-refractivity contribution in [3.63, 3.8) is 0 Å². The van der Waals surface area contributed by atoms with Gasteiger partial charge in [-0.25, -0.2) is 0 Å². The maximum absolute atomic E-state index is 12.5. The minimum atomic E-state index is 0.0785. The Labute approximate surface area is 171 Å². The number of carbonyl (C=O) groups excluding carboxylic acids is 1. The van der Waals surface area contributed by atoms with Crippen LogP contribution in [0.25, 0.3) is 0 Å². The van der Waals surface area contributed by atoms with Crippen molar-refractivity contribution >= 4 is 22.2 Å². The second-order valence-electron chi connectivity index (χ2n) is 8.97. The van der Waals surface area contributed by atoms with Crippen LogP contribution in [0.1, 0.15) is 61.1 Å². The number of hydrogen-bond acceptors (Lipinski definition) is 4. The molecule has 1 aromatic carbocycles. The number of fused-ring (bicyclic) bond motifs is 3. The molecular formula is C23H29NO3S. The van der Waals surface area contributed by atoms with Crippen LogP contribution >= 0.6 is 11.3 Å². The molecule has 5 heteroatoms. The van der Waals surface area contributed by atoms with E-state index in [2.05, 4.69) is 32.2 Å². The standard InChI is InChI=1S/C23H29NO3S/c1-23(2,3)14-7-8-15-19(11-14)28-22-21(15)16(12-20(25)24-22)13-6-9-17(26-4)18(10-13)27-5/h6,9-10,14,16H,7-8,11-12H2,1-5H3,(H,24,25)/t14-,16+/m0/s1. The van der Waals surface area contributed by atoms with Crippen LogP contribution in [-0.4, -0.2) is 20.1 Å². The van der Waals surface area contributed by atoms with Gasteiger partial charge < -0.3 is 14.8 Å². The molecule has 2 atom stereocenters. The zero-order chi connectivity index (χ0) is 20.1. The minimum Gasteiger partial charge on any atom is -0.493 e. The number of carbonyl (C=O) groups is 1. The quantitative estimate of drug-likeness (QED) is 0.753. The summed E-state index contributed by atoms with van der Waals surface area (Å²) in [5, 5.41) is 4.20. The molecule has 0 spiro atoms. The molecule has 1 N–H and O–H groups in total. The summed E-state index contributed by atoms with van der Waals surface area (Å²) >= 11 is 1.79. The fourth-order valence-corrected chi connectivity index (χ4v) is 6.04. The Bertz CT molecular complexity index is 909. The molecule has 1 amide bonds. The van der Waals surface area contributed by atoms with Gasteiger partial charge in [-0.15, -0.1) is 11.3 Å². The molecule has 4 nitrogen and oxygen atoms in total. The van der Waals surface area contributed by atoms with Gasteiger partial charge in [-0.05, 0) is 59.4 Å². The molecule has 1 aliphatic heterocycles. The second-order valence-corrected chi connectivity index (χ2v) is 10.1. The van der Waals surface area contributed by atoms with Gasteiger partial charge in [0.25, 0.3) is 0 Å². The van der Waals surface area contributed by atoms with Gasteiger partial charge in [0.2, 0.25) is 5.91 Å². The number of ether oxygens (including phenoxy) is 2. The van der Waals surface area contributed by atoms with Crippen molar-refractivity contribution in [2.45, 2.75) is 52.4 Å². The molecule has 1 aliphatic carbocycles. The molecule has 2 heterocycles. The van der Waals surface area contributed by atoms with Crippen LogP contribution < -0.4 is 14.8 Å². The Morgan fingerprint density at radius 3 is 2.54 bits per heavy atom. The van der Waals surface area contributed by atoms with Crippen LogP contribution in [0.4, 0.5) is 5.00 Å². The molecule has 0 saturated heterocycles. The summed E-state index contributed by atoms with van der Waals surface area (Å²) in [5.41, 5.74) is 4.24. The third-order valence-corrected chi connectivity index (χ3v) is 7.52. The van der Waals surface area contributed by atoms with Crippen molar-refractivity contribution in [3.8, 4) is 11.5 Å². The van der Waals surface area contributed by atoms with Crippen molar-refractivity contribution in [2.75, 3.05) is 19.5 Å². The number of rotatable bonds is 3. The van der Waals surface area contributed by atoms with Crippen LogP contribution in [0.3, 0.4) is 0 Å². The topological polar surface area (TPSA) is 47.6 Å². The molecule has 2 aliphatic rings. The molecule has 0 unspecified atom stereocenters. The fraction of sp³-hybridized carbons (Fsp3) is 0.522. The van der Waals surface area contributed by atoms with E-state index in [9.17, 15) is 4.79 Å². The fourth-order valence-electron chi connectivity index (χ4n) is 4.63. The molecule has 0 radical (unpaired) electrons. The lowest BCUT2D eigenvalue weighted by atomic mass is 9.71. The number of benzene rings is 1. The van der Waals surface area contributed by atoms with Gasteiger partial charge in [0, 0.05) is 17.2 Å². The van der Waals surface area contributed by atoms with Gasteiger partial charge in [0.05, 0.1) is 19.2 Å². The van der Waals surface area contributed by atoms with Crippen LogP contribution in [0.5, 0.6) is 11.5 Å². The highest BCUT2D eigenvalue weighted by molar-refractivity contribution is 7.16. The van der Waals surface area contributed by atoms with Crippen molar-refractivity contribution < 1.29 is 14.3 Å². The van der Waals surface area contributed by atoms with Gasteiger partial charge in [-0.1, -0.05) is 26.8 Å². The highest BCUT2D eigenvalue weighted by Crippen LogP contribution is 2.50. The van der Waals surface area contributed by atoms with E-state index in [1.54, 1.807) is 25.6 Å². The summed E-state index contributed by atoms with van der Waals surface area (Å²) in [4.78, 5) is 13.9. The predicted octanol–water partition coefficient (Wildman–Crippen LogP) is 5.39. The third-order valence-electron chi connectivity index (χ3n) is 6.33. The lowest BCUT2D eigenvalue weighted by molar-refractivity contribution is -0.116. The average Bonchev–Trinajstić information content (AvgIpc) is 3.03. The van der Waals surface area contributed by atoms with Crippen LogP contribution in [0.2, 0.25) is 0 Å². The van der Waals surface area contributed by atoms with Crippen molar-refractivity contribution in [1.82, 2.24) is 0 Å². The Morgan fingerprint density at radius 1 is 1.11 bits per heavy atom. The maximum atomic E-state index is 12.5. The maximum Gasteiger partial charge on any atom is 0.225 e. The normalized spacial score (nSPS) is 21.5. The van der Waals surface area contributed by atoms with Gasteiger partial charge >= 0.3 is 0 Å². The van der Waals surface area contributed by atoms with E-state index in [0.717, 1.165) is 23.4 Å². The smallest absolute Gasteiger partial charge is 0.225 e. The molecule has 0 bridgehead atoms. The first-order chi connectivity index (χ1) is 13.3. The number of thiophene rings is 1. The first-order valence-corrected chi connectivity index (χ1v) is 10.8. The van der Waals surface area contributed by atoms with Gasteiger partial charge in [0.15, 0.2) is 11.5 Å². The molecule has 4 rings (SSSR count). The largest absolute Gasteiger partial charge is 0.493 e. The van der Waals surface area contributed by atoms with E-state index in [0.29, 0.717) is 29.3 Å². The number of anilines is 1. The van der Waals surface area contributed by atoms with Crippen LogP contribution in [-0.2, 0) is 17.6 Å². The van der Waals surface area contributed by atoms with Gasteiger partial charge in [-0.2, -0.15) is 0 Å². The van der Waals surface area contributed by atoms with Gasteiger partial charge in [-0.3, -0.25) is 4.79 Å². The summed E-state index contributed by atoms with van der Waals surface area (Å²) in [6.07, 6.45) is 3.91. The molecular weight excluding hydrogens is 370 g/mol.